The van der Waals surface area contributed by atoms with Crippen LogP contribution in [0.5, 0.6) is 5.75 Å². The number of aromatic nitrogens is 2. The summed E-state index contributed by atoms with van der Waals surface area (Å²) in [7, 11) is 0. The lowest BCUT2D eigenvalue weighted by Crippen LogP contribution is -2.24. The average Bonchev–Trinajstić information content (AvgIpc) is 2.79. The van der Waals surface area contributed by atoms with Gasteiger partial charge in [0.1, 0.15) is 11.5 Å². The van der Waals surface area contributed by atoms with E-state index < -0.39 is 29.2 Å². The summed E-state index contributed by atoms with van der Waals surface area (Å²) in [5.41, 5.74) is -0.428. The third-order valence-electron chi connectivity index (χ3n) is 4.41. The van der Waals surface area contributed by atoms with Gasteiger partial charge in [0.05, 0.1) is 40.5 Å². The van der Waals surface area contributed by atoms with E-state index in [0.29, 0.717) is 11.3 Å². The number of nitriles is 1. The molecule has 0 atom stereocenters. The molecule has 11 nitrogen and oxygen atoms in total. The molecule has 164 valence electrons. The molecule has 11 heteroatoms. The third kappa shape index (κ3) is 4.97. The van der Waals surface area contributed by atoms with Crippen LogP contribution in [0.1, 0.15) is 28.4 Å². The lowest BCUT2D eigenvalue weighted by molar-refractivity contribution is -0.114. The fourth-order valence-electron chi connectivity index (χ4n) is 2.94. The zero-order valence-corrected chi connectivity index (χ0v) is 17.1. The second kappa shape index (κ2) is 9.36. The number of hydrogen-bond acceptors (Lipinski definition) is 8. The number of anilines is 2. The van der Waals surface area contributed by atoms with Gasteiger partial charge in [-0.05, 0) is 24.3 Å². The van der Waals surface area contributed by atoms with Crippen molar-refractivity contribution in [3.8, 4) is 23.1 Å². The SMILES string of the molecule is CC(=O)Nc1cc(O)c(C(=N)C(=O)Nc2ccc(C#N)cc2C(=O)O)cc1-c1cnccn1. The number of aromatic hydroxyl groups is 1. The minimum atomic E-state index is -1.37. The topological polar surface area (TPSA) is 189 Å². The first-order valence-corrected chi connectivity index (χ1v) is 9.30. The molecule has 0 aliphatic carbocycles. The molecular formula is C22H16N6O5. The molecule has 3 rings (SSSR count). The number of nitrogens with zero attached hydrogens (tertiary/aromatic N) is 3. The van der Waals surface area contributed by atoms with Crippen LogP contribution in [-0.4, -0.2) is 43.7 Å². The summed E-state index contributed by atoms with van der Waals surface area (Å²) in [6, 6.07) is 7.92. The number of amides is 2. The second-order valence-electron chi connectivity index (χ2n) is 6.69. The number of phenolic OH excluding ortho intramolecular Hbond substituents is 1. The molecule has 0 spiro atoms. The first-order valence-electron chi connectivity index (χ1n) is 9.30. The molecular weight excluding hydrogens is 428 g/mol. The zero-order chi connectivity index (χ0) is 24.1. The Balaban J connectivity index is 2.00. The van der Waals surface area contributed by atoms with Crippen LogP contribution in [-0.2, 0) is 9.59 Å². The van der Waals surface area contributed by atoms with E-state index in [-0.39, 0.29) is 28.1 Å². The van der Waals surface area contributed by atoms with Gasteiger partial charge in [0.2, 0.25) is 5.91 Å². The highest BCUT2D eigenvalue weighted by molar-refractivity contribution is 6.48. The van der Waals surface area contributed by atoms with E-state index in [0.717, 1.165) is 6.07 Å². The van der Waals surface area contributed by atoms with Crippen LogP contribution in [0, 0.1) is 16.7 Å². The van der Waals surface area contributed by atoms with Crippen molar-refractivity contribution >= 4 is 34.9 Å². The maximum Gasteiger partial charge on any atom is 0.337 e. The summed E-state index contributed by atoms with van der Waals surface area (Å²) in [5.74, 6) is -3.26. The van der Waals surface area contributed by atoms with Gasteiger partial charge in [-0.2, -0.15) is 5.26 Å². The number of phenols is 1. The van der Waals surface area contributed by atoms with Gasteiger partial charge in [0.15, 0.2) is 0 Å². The molecule has 0 aliphatic rings. The molecule has 1 aromatic heterocycles. The van der Waals surface area contributed by atoms with Gasteiger partial charge in [-0.25, -0.2) is 4.79 Å². The monoisotopic (exact) mass is 444 g/mol. The van der Waals surface area contributed by atoms with Crippen LogP contribution < -0.4 is 10.6 Å². The molecule has 0 radical (unpaired) electrons. The van der Waals surface area contributed by atoms with Gasteiger partial charge in [0.25, 0.3) is 5.91 Å². The van der Waals surface area contributed by atoms with Gasteiger partial charge in [0, 0.05) is 36.5 Å². The summed E-state index contributed by atoms with van der Waals surface area (Å²) in [4.78, 5) is 43.9. The Morgan fingerprint density at radius 2 is 1.82 bits per heavy atom. The molecule has 2 aromatic carbocycles. The highest BCUT2D eigenvalue weighted by Crippen LogP contribution is 2.33. The fraction of sp³-hybridized carbons (Fsp3) is 0.0455. The number of benzene rings is 2. The highest BCUT2D eigenvalue weighted by Gasteiger charge is 2.22. The number of carbonyl (C=O) groups excluding carboxylic acids is 2. The number of carboxylic acids is 1. The number of carbonyl (C=O) groups is 3. The smallest absolute Gasteiger partial charge is 0.337 e. The molecule has 1 heterocycles. The zero-order valence-electron chi connectivity index (χ0n) is 17.1. The fourth-order valence-corrected chi connectivity index (χ4v) is 2.94. The molecule has 2 amide bonds. The van der Waals surface area contributed by atoms with E-state index in [1.807, 2.05) is 6.07 Å². The van der Waals surface area contributed by atoms with Gasteiger partial charge >= 0.3 is 5.97 Å². The number of nitrogens with one attached hydrogen (secondary N) is 3. The van der Waals surface area contributed by atoms with Crippen molar-refractivity contribution in [2.75, 3.05) is 10.6 Å². The van der Waals surface area contributed by atoms with E-state index in [2.05, 4.69) is 20.6 Å². The summed E-state index contributed by atoms with van der Waals surface area (Å²) >= 11 is 0. The maximum absolute atomic E-state index is 12.7. The molecule has 5 N–H and O–H groups in total. The molecule has 3 aromatic rings. The van der Waals surface area contributed by atoms with Crippen LogP contribution >= 0.6 is 0 Å². The number of aromatic carboxylic acids is 1. The van der Waals surface area contributed by atoms with Crippen molar-refractivity contribution in [3.63, 3.8) is 0 Å². The summed E-state index contributed by atoms with van der Waals surface area (Å²) in [6.07, 6.45) is 4.26. The molecule has 0 bridgehead atoms. The maximum atomic E-state index is 12.7. The summed E-state index contributed by atoms with van der Waals surface area (Å²) < 4.78 is 0. The Bertz CT molecular complexity index is 1330. The lowest BCUT2D eigenvalue weighted by atomic mass is 10.0. The molecule has 0 aliphatic heterocycles. The van der Waals surface area contributed by atoms with Gasteiger partial charge in [-0.15, -0.1) is 0 Å². The second-order valence-corrected chi connectivity index (χ2v) is 6.69. The molecule has 0 fully saturated rings. The Morgan fingerprint density at radius 3 is 2.42 bits per heavy atom. The van der Waals surface area contributed by atoms with Crippen molar-refractivity contribution in [3.05, 3.63) is 65.6 Å². The van der Waals surface area contributed by atoms with Gasteiger partial charge < -0.3 is 20.8 Å². The molecule has 0 unspecified atom stereocenters. The molecule has 0 saturated carbocycles. The number of hydrogen-bond donors (Lipinski definition) is 5. The molecule has 33 heavy (non-hydrogen) atoms. The van der Waals surface area contributed by atoms with E-state index in [4.69, 9.17) is 10.7 Å². The van der Waals surface area contributed by atoms with Crippen LogP contribution in [0.3, 0.4) is 0 Å². The van der Waals surface area contributed by atoms with Crippen molar-refractivity contribution in [2.45, 2.75) is 6.92 Å². The van der Waals surface area contributed by atoms with Crippen molar-refractivity contribution in [1.82, 2.24) is 9.97 Å². The van der Waals surface area contributed by atoms with Crippen molar-refractivity contribution in [1.29, 1.82) is 10.7 Å². The predicted octanol–water partition coefficient (Wildman–Crippen LogP) is 2.38. The van der Waals surface area contributed by atoms with E-state index in [1.54, 1.807) is 0 Å². The van der Waals surface area contributed by atoms with Gasteiger partial charge in [-0.1, -0.05) is 0 Å². The van der Waals surface area contributed by atoms with Gasteiger partial charge in [-0.3, -0.25) is 25.0 Å². The van der Waals surface area contributed by atoms with Crippen LogP contribution in [0.4, 0.5) is 11.4 Å². The minimum absolute atomic E-state index is 0.0836. The van der Waals surface area contributed by atoms with Crippen LogP contribution in [0.25, 0.3) is 11.3 Å². The predicted molar refractivity (Wildman–Crippen MR) is 117 cm³/mol. The van der Waals surface area contributed by atoms with E-state index in [1.165, 1.54) is 49.8 Å². The summed E-state index contributed by atoms with van der Waals surface area (Å²) in [5, 5.41) is 41.9. The van der Waals surface area contributed by atoms with E-state index >= 15 is 0 Å². The van der Waals surface area contributed by atoms with Crippen molar-refractivity contribution in [2.24, 2.45) is 0 Å². The highest BCUT2D eigenvalue weighted by atomic mass is 16.4. The molecule has 0 saturated heterocycles. The van der Waals surface area contributed by atoms with Crippen LogP contribution in [0.15, 0.2) is 48.9 Å². The average molecular weight is 444 g/mol. The standard InChI is InChI=1S/C22H16N6O5/c1-11(29)27-17-8-19(30)15(7-13(17)18-10-25-4-5-26-18)20(24)21(31)28-16-3-2-12(9-23)6-14(16)22(32)33/h2-8,10,24,30H,1H3,(H,27,29)(H,28,31)(H,32,33). The Hall–Kier alpha value is -5.11. The summed E-state index contributed by atoms with van der Waals surface area (Å²) in [6.45, 7) is 1.28. The third-order valence-corrected chi connectivity index (χ3v) is 4.41. The van der Waals surface area contributed by atoms with Crippen LogP contribution in [0.2, 0.25) is 0 Å². The first kappa shape index (κ1) is 22.6. The quantitative estimate of drug-likeness (QED) is 0.358. The van der Waals surface area contributed by atoms with Crippen molar-refractivity contribution < 1.29 is 24.6 Å². The Labute approximate surface area is 186 Å². The normalized spacial score (nSPS) is 10.1. The number of rotatable bonds is 6. The Morgan fingerprint density at radius 1 is 1.06 bits per heavy atom. The first-order chi connectivity index (χ1) is 15.7. The minimum Gasteiger partial charge on any atom is -0.507 e. The number of carboxylic acid groups (broad SMARTS) is 1. The largest absolute Gasteiger partial charge is 0.507 e. The van der Waals surface area contributed by atoms with E-state index in [9.17, 15) is 24.6 Å². The lowest BCUT2D eigenvalue weighted by Gasteiger charge is -2.15. The Kier molecular flexibility index (Phi) is 6.40.